The van der Waals surface area contributed by atoms with E-state index in [1.54, 1.807) is 0 Å². The standard InChI is InChI=1S/C3H5N3O2/c1-3(5-6-4)8-2-7/h2-3H,1H3. The van der Waals surface area contributed by atoms with Gasteiger partial charge in [-0.15, -0.1) is 0 Å². The second kappa shape index (κ2) is 3.95. The van der Waals surface area contributed by atoms with Crippen LogP contribution in [0.3, 0.4) is 0 Å². The van der Waals surface area contributed by atoms with Crippen LogP contribution in [0.4, 0.5) is 0 Å². The number of azide groups is 1. The third-order valence-electron chi connectivity index (χ3n) is 0.467. The van der Waals surface area contributed by atoms with Gasteiger partial charge in [0.1, 0.15) is 0 Å². The lowest BCUT2D eigenvalue weighted by Crippen LogP contribution is -2.00. The van der Waals surface area contributed by atoms with Crippen molar-refractivity contribution in [3.8, 4) is 0 Å². The molecule has 0 aliphatic heterocycles. The Kier molecular flexibility index (Phi) is 3.35. The Morgan fingerprint density at radius 3 is 3.00 bits per heavy atom. The molecule has 0 amide bonds. The van der Waals surface area contributed by atoms with Crippen molar-refractivity contribution in [2.45, 2.75) is 13.2 Å². The van der Waals surface area contributed by atoms with Crippen LogP contribution in [0.5, 0.6) is 0 Å². The number of hydrogen-bond donors (Lipinski definition) is 0. The predicted octanol–water partition coefficient (Wildman–Crippen LogP) is 0.816. The first-order valence-electron chi connectivity index (χ1n) is 1.94. The Morgan fingerprint density at radius 2 is 2.62 bits per heavy atom. The second-order valence-corrected chi connectivity index (χ2v) is 1.04. The van der Waals surface area contributed by atoms with Gasteiger partial charge in [0.2, 0.25) is 0 Å². The van der Waals surface area contributed by atoms with Gasteiger partial charge in [0, 0.05) is 4.91 Å². The van der Waals surface area contributed by atoms with Crippen molar-refractivity contribution < 1.29 is 9.53 Å². The molecule has 1 atom stereocenters. The molecule has 0 saturated carbocycles. The van der Waals surface area contributed by atoms with E-state index in [1.165, 1.54) is 6.92 Å². The number of carbonyl (C=O) groups excluding carboxylic acids is 1. The second-order valence-electron chi connectivity index (χ2n) is 1.04. The van der Waals surface area contributed by atoms with Crippen molar-refractivity contribution in [3.63, 3.8) is 0 Å². The summed E-state index contributed by atoms with van der Waals surface area (Å²) >= 11 is 0. The molecule has 1 unspecified atom stereocenters. The maximum atomic E-state index is 9.48. The van der Waals surface area contributed by atoms with Crippen LogP contribution in [-0.4, -0.2) is 12.7 Å². The normalized spacial score (nSPS) is 11.1. The number of ether oxygens (including phenoxy) is 1. The fourth-order valence-corrected chi connectivity index (χ4v) is 0.180. The van der Waals surface area contributed by atoms with Gasteiger partial charge in [0.15, 0.2) is 6.23 Å². The predicted molar refractivity (Wildman–Crippen MR) is 25.8 cm³/mol. The van der Waals surface area contributed by atoms with E-state index in [2.05, 4.69) is 14.8 Å². The molecular weight excluding hydrogens is 110 g/mol. The van der Waals surface area contributed by atoms with E-state index in [0.717, 1.165) is 0 Å². The molecule has 5 heteroatoms. The van der Waals surface area contributed by atoms with Crippen LogP contribution in [0.25, 0.3) is 10.4 Å². The lowest BCUT2D eigenvalue weighted by atomic mass is 10.7. The van der Waals surface area contributed by atoms with Crippen molar-refractivity contribution in [1.82, 2.24) is 0 Å². The molecule has 0 aromatic rings. The zero-order valence-electron chi connectivity index (χ0n) is 4.31. The Bertz CT molecular complexity index is 118. The van der Waals surface area contributed by atoms with Crippen molar-refractivity contribution in [2.24, 2.45) is 5.11 Å². The minimum atomic E-state index is -0.697. The van der Waals surface area contributed by atoms with Crippen molar-refractivity contribution >= 4 is 6.47 Å². The Morgan fingerprint density at radius 1 is 2.00 bits per heavy atom. The first-order valence-corrected chi connectivity index (χ1v) is 1.94. The van der Waals surface area contributed by atoms with Gasteiger partial charge in [0.25, 0.3) is 6.47 Å². The summed E-state index contributed by atoms with van der Waals surface area (Å²) in [6.45, 7) is 1.70. The van der Waals surface area contributed by atoms with Crippen LogP contribution in [0.2, 0.25) is 0 Å². The monoisotopic (exact) mass is 115 g/mol. The molecule has 44 valence electrons. The molecule has 0 spiro atoms. The largest absolute Gasteiger partial charge is 0.459 e. The minimum absolute atomic E-state index is 0.235. The van der Waals surface area contributed by atoms with E-state index in [0.29, 0.717) is 0 Å². The van der Waals surface area contributed by atoms with Gasteiger partial charge in [-0.05, 0) is 17.6 Å². The van der Waals surface area contributed by atoms with E-state index in [4.69, 9.17) is 5.53 Å². The summed E-state index contributed by atoms with van der Waals surface area (Å²) in [4.78, 5) is 11.9. The molecule has 0 aromatic carbocycles. The summed E-state index contributed by atoms with van der Waals surface area (Å²) < 4.78 is 4.18. The molecular formula is C3H5N3O2. The summed E-state index contributed by atoms with van der Waals surface area (Å²) in [7, 11) is 0. The molecule has 0 N–H and O–H groups in total. The Labute approximate surface area is 45.9 Å². The van der Waals surface area contributed by atoms with Crippen molar-refractivity contribution in [3.05, 3.63) is 10.4 Å². The molecule has 0 aliphatic rings. The SMILES string of the molecule is CC(N=[N+]=[N-])OC=O. The van der Waals surface area contributed by atoms with E-state index in [1.807, 2.05) is 0 Å². The Hall–Kier alpha value is -1.22. The Balaban J connectivity index is 3.46. The zero-order valence-corrected chi connectivity index (χ0v) is 4.31. The summed E-state index contributed by atoms with van der Waals surface area (Å²) in [5.74, 6) is 0. The first kappa shape index (κ1) is 6.78. The van der Waals surface area contributed by atoms with Crippen LogP contribution in [0.15, 0.2) is 5.11 Å². The van der Waals surface area contributed by atoms with E-state index < -0.39 is 6.23 Å². The quantitative estimate of drug-likeness (QED) is 0.236. The minimum Gasteiger partial charge on any atom is -0.459 e. The highest BCUT2D eigenvalue weighted by molar-refractivity contribution is 5.37. The number of carbonyl (C=O) groups is 1. The zero-order chi connectivity index (χ0) is 6.41. The van der Waals surface area contributed by atoms with Crippen LogP contribution < -0.4 is 0 Å². The molecule has 0 aromatic heterocycles. The molecule has 0 bridgehead atoms. The maximum Gasteiger partial charge on any atom is 0.293 e. The van der Waals surface area contributed by atoms with Crippen molar-refractivity contribution in [1.29, 1.82) is 0 Å². The van der Waals surface area contributed by atoms with Crippen LogP contribution >= 0.6 is 0 Å². The van der Waals surface area contributed by atoms with Gasteiger partial charge in [-0.2, -0.15) is 0 Å². The molecule has 0 heterocycles. The van der Waals surface area contributed by atoms with Crippen molar-refractivity contribution in [2.75, 3.05) is 0 Å². The van der Waals surface area contributed by atoms with Gasteiger partial charge >= 0.3 is 0 Å². The molecule has 0 aliphatic carbocycles. The van der Waals surface area contributed by atoms with Crippen LogP contribution in [0, 0.1) is 0 Å². The number of nitrogens with zero attached hydrogens (tertiary/aromatic N) is 3. The summed E-state index contributed by atoms with van der Waals surface area (Å²) in [5, 5.41) is 3.04. The fourth-order valence-electron chi connectivity index (χ4n) is 0.180. The molecule has 0 rings (SSSR count). The van der Waals surface area contributed by atoms with Gasteiger partial charge in [-0.25, -0.2) is 0 Å². The van der Waals surface area contributed by atoms with Gasteiger partial charge in [-0.3, -0.25) is 4.79 Å². The summed E-state index contributed by atoms with van der Waals surface area (Å²) in [6, 6.07) is 0. The first-order chi connectivity index (χ1) is 3.81. The summed E-state index contributed by atoms with van der Waals surface area (Å²) in [5.41, 5.74) is 7.73. The lowest BCUT2D eigenvalue weighted by molar-refractivity contribution is -0.132. The van der Waals surface area contributed by atoms with E-state index in [9.17, 15) is 4.79 Å². The molecule has 0 radical (unpaired) electrons. The van der Waals surface area contributed by atoms with E-state index in [-0.39, 0.29) is 6.47 Å². The topological polar surface area (TPSA) is 75.1 Å². The highest BCUT2D eigenvalue weighted by Crippen LogP contribution is 1.87. The van der Waals surface area contributed by atoms with Crippen LogP contribution in [0.1, 0.15) is 6.92 Å². The molecule has 8 heavy (non-hydrogen) atoms. The number of hydrogen-bond acceptors (Lipinski definition) is 3. The summed E-state index contributed by atoms with van der Waals surface area (Å²) in [6.07, 6.45) is -0.697. The number of rotatable bonds is 3. The molecule has 0 fully saturated rings. The maximum absolute atomic E-state index is 9.48. The average molecular weight is 115 g/mol. The van der Waals surface area contributed by atoms with Gasteiger partial charge in [-0.1, -0.05) is 0 Å². The van der Waals surface area contributed by atoms with Gasteiger partial charge < -0.3 is 4.74 Å². The third kappa shape index (κ3) is 2.99. The average Bonchev–Trinajstić information content (AvgIpc) is 1.68. The van der Waals surface area contributed by atoms with E-state index >= 15 is 0 Å². The van der Waals surface area contributed by atoms with Gasteiger partial charge in [0.05, 0.1) is 0 Å². The third-order valence-corrected chi connectivity index (χ3v) is 0.467. The van der Waals surface area contributed by atoms with Crippen LogP contribution in [-0.2, 0) is 9.53 Å². The molecule has 5 nitrogen and oxygen atoms in total. The highest BCUT2D eigenvalue weighted by Gasteiger charge is 1.91. The molecule has 0 saturated heterocycles. The highest BCUT2D eigenvalue weighted by atomic mass is 16.5. The lowest BCUT2D eigenvalue weighted by Gasteiger charge is -1.96. The smallest absolute Gasteiger partial charge is 0.293 e. The fraction of sp³-hybridized carbons (Fsp3) is 0.667.